The Morgan fingerprint density at radius 1 is 0.960 bits per heavy atom. The van der Waals surface area contributed by atoms with Gasteiger partial charge in [0.25, 0.3) is 11.5 Å². The number of aromatic nitrogens is 1. The highest BCUT2D eigenvalue weighted by molar-refractivity contribution is 9.10. The van der Waals surface area contributed by atoms with Gasteiger partial charge in [0.2, 0.25) is 0 Å². The van der Waals surface area contributed by atoms with Gasteiger partial charge < -0.3 is 10.3 Å². The van der Waals surface area contributed by atoms with Crippen molar-refractivity contribution in [2.45, 2.75) is 12.4 Å². The number of amides is 1. The third-order valence-corrected chi connectivity index (χ3v) is 3.42. The lowest BCUT2D eigenvalue weighted by Gasteiger charge is -2.14. The van der Waals surface area contributed by atoms with Crippen LogP contribution in [0, 0.1) is 0 Å². The molecule has 11 heteroatoms. The lowest BCUT2D eigenvalue weighted by atomic mass is 10.0. The maximum Gasteiger partial charge on any atom is 0.416 e. The highest BCUT2D eigenvalue weighted by Gasteiger charge is 2.37. The minimum atomic E-state index is -5.08. The van der Waals surface area contributed by atoms with Crippen molar-refractivity contribution in [3.05, 3.63) is 62.0 Å². The maximum atomic E-state index is 12.8. The molecule has 1 aromatic heterocycles. The zero-order valence-electron chi connectivity index (χ0n) is 11.8. The molecule has 1 heterocycles. The van der Waals surface area contributed by atoms with Gasteiger partial charge in [0.05, 0.1) is 11.1 Å². The Hall–Kier alpha value is -2.30. The molecule has 1 aromatic carbocycles. The molecule has 0 fully saturated rings. The fourth-order valence-corrected chi connectivity index (χ4v) is 2.17. The van der Waals surface area contributed by atoms with Crippen LogP contribution in [0.1, 0.15) is 21.5 Å². The van der Waals surface area contributed by atoms with Crippen LogP contribution in [0.2, 0.25) is 0 Å². The first-order valence-corrected chi connectivity index (χ1v) is 7.16. The molecule has 0 aliphatic rings. The number of halogens is 7. The molecule has 0 radical (unpaired) electrons. The number of nitrogens with one attached hydrogen (secondary N) is 2. The molecule has 0 unspecified atom stereocenters. The molecule has 2 N–H and O–H groups in total. The Morgan fingerprint density at radius 3 is 1.96 bits per heavy atom. The monoisotopic (exact) mass is 428 g/mol. The molecular formula is C14H7BrF6N2O2. The predicted octanol–water partition coefficient (Wildman–Crippen LogP) is 4.43. The Balaban J connectivity index is 2.48. The van der Waals surface area contributed by atoms with E-state index in [1.165, 1.54) is 6.20 Å². The lowest BCUT2D eigenvalue weighted by molar-refractivity contribution is -0.143. The molecule has 0 aliphatic heterocycles. The van der Waals surface area contributed by atoms with Crippen molar-refractivity contribution in [2.24, 2.45) is 0 Å². The van der Waals surface area contributed by atoms with E-state index in [1.54, 1.807) is 0 Å². The fourth-order valence-electron chi connectivity index (χ4n) is 1.83. The van der Waals surface area contributed by atoms with E-state index >= 15 is 0 Å². The highest BCUT2D eigenvalue weighted by Crippen LogP contribution is 2.36. The minimum absolute atomic E-state index is 0.0946. The number of hydrogen-bond donors (Lipinski definition) is 2. The summed E-state index contributed by atoms with van der Waals surface area (Å²) in [6, 6.07) is 1.60. The number of aromatic amines is 1. The van der Waals surface area contributed by atoms with Crippen LogP contribution in [0.4, 0.5) is 32.0 Å². The van der Waals surface area contributed by atoms with Crippen LogP contribution in [0.3, 0.4) is 0 Å². The Bertz CT molecular complexity index is 841. The second-order valence-corrected chi connectivity index (χ2v) is 5.73. The number of H-pyrrole nitrogens is 1. The topological polar surface area (TPSA) is 62.0 Å². The first kappa shape index (κ1) is 19.0. The van der Waals surface area contributed by atoms with E-state index in [0.29, 0.717) is 4.47 Å². The Morgan fingerprint density at radius 2 is 1.48 bits per heavy atom. The van der Waals surface area contributed by atoms with Gasteiger partial charge in [-0.1, -0.05) is 0 Å². The number of benzene rings is 1. The van der Waals surface area contributed by atoms with Gasteiger partial charge in [-0.25, -0.2) is 0 Å². The van der Waals surface area contributed by atoms with Crippen LogP contribution in [0.15, 0.2) is 39.7 Å². The second-order valence-electron chi connectivity index (χ2n) is 4.81. The summed E-state index contributed by atoms with van der Waals surface area (Å²) in [6.07, 6.45) is -8.92. The molecule has 0 saturated heterocycles. The van der Waals surface area contributed by atoms with Crippen molar-refractivity contribution in [3.63, 3.8) is 0 Å². The summed E-state index contributed by atoms with van der Waals surface area (Å²) in [7, 11) is 0. The van der Waals surface area contributed by atoms with Gasteiger partial charge in [0.15, 0.2) is 0 Å². The number of anilines is 1. The molecule has 0 spiro atoms. The number of pyridine rings is 1. The third-order valence-electron chi connectivity index (χ3n) is 2.97. The largest absolute Gasteiger partial charge is 0.416 e. The van der Waals surface area contributed by atoms with Crippen molar-refractivity contribution in [1.82, 2.24) is 4.98 Å². The second kappa shape index (κ2) is 6.54. The van der Waals surface area contributed by atoms with Crippen LogP contribution in [0.25, 0.3) is 0 Å². The van der Waals surface area contributed by atoms with Gasteiger partial charge in [-0.3, -0.25) is 9.59 Å². The molecule has 0 bridgehead atoms. The summed E-state index contributed by atoms with van der Waals surface area (Å²) in [5, 5.41) is 1.98. The number of rotatable bonds is 2. The molecule has 2 aromatic rings. The maximum absolute atomic E-state index is 12.8. The normalized spacial score (nSPS) is 12.1. The van der Waals surface area contributed by atoms with Crippen LogP contribution in [-0.4, -0.2) is 10.9 Å². The molecule has 134 valence electrons. The minimum Gasteiger partial charge on any atom is -0.326 e. The smallest absolute Gasteiger partial charge is 0.326 e. The molecule has 0 atom stereocenters. The van der Waals surface area contributed by atoms with Gasteiger partial charge in [0, 0.05) is 16.2 Å². The Kier molecular flexibility index (Phi) is 4.98. The summed E-state index contributed by atoms with van der Waals surface area (Å²) in [5.74, 6) is -1.29. The quantitative estimate of drug-likeness (QED) is 0.695. The molecule has 4 nitrogen and oxygen atoms in total. The molecular weight excluding hydrogens is 422 g/mol. The van der Waals surface area contributed by atoms with Gasteiger partial charge in [0.1, 0.15) is 5.69 Å². The van der Waals surface area contributed by atoms with Gasteiger partial charge in [-0.15, -0.1) is 0 Å². The fraction of sp³-hybridized carbons (Fsp3) is 0.143. The van der Waals surface area contributed by atoms with Crippen molar-refractivity contribution in [3.8, 4) is 0 Å². The van der Waals surface area contributed by atoms with Gasteiger partial charge in [-0.05, 0) is 40.2 Å². The van der Waals surface area contributed by atoms with Crippen molar-refractivity contribution in [2.75, 3.05) is 5.32 Å². The standard InChI is InChI=1S/C14H7BrF6N2O2/c15-9-4-10(12(25)22-5-9)23-11(24)6-1-7(13(16,17)18)3-8(2-6)14(19,20)21/h1-5H,(H,22,25)(H,23,24). The summed E-state index contributed by atoms with van der Waals surface area (Å²) in [5.41, 5.74) is -5.27. The zero-order valence-corrected chi connectivity index (χ0v) is 13.4. The van der Waals surface area contributed by atoms with Crippen LogP contribution in [0.5, 0.6) is 0 Å². The first-order chi connectivity index (χ1) is 11.4. The zero-order chi connectivity index (χ0) is 19.0. The van der Waals surface area contributed by atoms with E-state index in [9.17, 15) is 35.9 Å². The summed E-state index contributed by atoms with van der Waals surface area (Å²) in [4.78, 5) is 25.8. The third kappa shape index (κ3) is 4.62. The van der Waals surface area contributed by atoms with E-state index in [4.69, 9.17) is 0 Å². The first-order valence-electron chi connectivity index (χ1n) is 6.37. The number of carbonyl (C=O) groups is 1. The molecule has 0 saturated carbocycles. The molecule has 2 rings (SSSR count). The van der Waals surface area contributed by atoms with E-state index in [2.05, 4.69) is 20.9 Å². The van der Waals surface area contributed by atoms with Gasteiger partial charge >= 0.3 is 12.4 Å². The average Bonchev–Trinajstić information content (AvgIpc) is 2.48. The number of alkyl halides is 6. The molecule has 1 amide bonds. The molecule has 25 heavy (non-hydrogen) atoms. The molecule has 0 aliphatic carbocycles. The van der Waals surface area contributed by atoms with Crippen LogP contribution in [-0.2, 0) is 12.4 Å². The van der Waals surface area contributed by atoms with Crippen LogP contribution >= 0.6 is 15.9 Å². The van der Waals surface area contributed by atoms with Crippen molar-refractivity contribution < 1.29 is 31.1 Å². The van der Waals surface area contributed by atoms with Crippen LogP contribution < -0.4 is 10.9 Å². The summed E-state index contributed by atoms with van der Waals surface area (Å²) < 4.78 is 77.0. The number of carbonyl (C=O) groups excluding carboxylic acids is 1. The summed E-state index contributed by atoms with van der Waals surface area (Å²) >= 11 is 3.00. The Labute approximate surface area is 144 Å². The van der Waals surface area contributed by atoms with Crippen molar-refractivity contribution >= 4 is 27.5 Å². The van der Waals surface area contributed by atoms with Gasteiger partial charge in [-0.2, -0.15) is 26.3 Å². The average molecular weight is 429 g/mol. The highest BCUT2D eigenvalue weighted by atomic mass is 79.9. The predicted molar refractivity (Wildman–Crippen MR) is 79.2 cm³/mol. The SMILES string of the molecule is O=C(Nc1cc(Br)c[nH]c1=O)c1cc(C(F)(F)F)cc(C(F)(F)F)c1. The summed E-state index contributed by atoms with van der Waals surface area (Å²) in [6.45, 7) is 0. The van der Waals surface area contributed by atoms with E-state index in [-0.39, 0.29) is 23.9 Å². The van der Waals surface area contributed by atoms with E-state index < -0.39 is 40.5 Å². The van der Waals surface area contributed by atoms with E-state index in [1.807, 2.05) is 5.32 Å². The lowest BCUT2D eigenvalue weighted by Crippen LogP contribution is -2.21. The van der Waals surface area contributed by atoms with E-state index in [0.717, 1.165) is 6.07 Å². The number of hydrogen-bond acceptors (Lipinski definition) is 2. The van der Waals surface area contributed by atoms with Crippen molar-refractivity contribution in [1.29, 1.82) is 0 Å².